The standard InChI is InChI=1S/C7H8O8.C7H4O6/c8-4(9)2(5(10)11)1-3(6(12)13)7(14)15;8-4-2(5(9)12-4)1-3-6(10)13-7(3)11/h2-3H,1H2,(H,8,9)(H,10,11)(H,12,13)(H,14,15);2-3H,1H2. The molecule has 0 saturated carbocycles. The van der Waals surface area contributed by atoms with Crippen molar-refractivity contribution in [1.82, 2.24) is 0 Å². The molecule has 0 aliphatic carbocycles. The zero-order valence-electron chi connectivity index (χ0n) is 13.6. The molecular weight excluding hydrogens is 392 g/mol. The van der Waals surface area contributed by atoms with Crippen molar-refractivity contribution in [2.45, 2.75) is 12.8 Å². The Morgan fingerprint density at radius 1 is 0.643 bits per heavy atom. The molecule has 0 spiro atoms. The van der Waals surface area contributed by atoms with Crippen LogP contribution in [0.2, 0.25) is 0 Å². The van der Waals surface area contributed by atoms with Crippen LogP contribution < -0.4 is 0 Å². The van der Waals surface area contributed by atoms with Gasteiger partial charge in [0, 0.05) is 0 Å². The van der Waals surface area contributed by atoms with Crippen molar-refractivity contribution in [3.05, 3.63) is 0 Å². The van der Waals surface area contributed by atoms with Gasteiger partial charge in [-0.2, -0.15) is 0 Å². The van der Waals surface area contributed by atoms with Crippen LogP contribution in [0.4, 0.5) is 0 Å². The van der Waals surface area contributed by atoms with Crippen LogP contribution in [0.3, 0.4) is 0 Å². The lowest BCUT2D eigenvalue weighted by molar-refractivity contribution is -0.191. The van der Waals surface area contributed by atoms with Crippen LogP contribution in [0.5, 0.6) is 0 Å². The van der Waals surface area contributed by atoms with Gasteiger partial charge in [0.25, 0.3) is 0 Å². The molecule has 0 radical (unpaired) electrons. The number of esters is 4. The summed E-state index contributed by atoms with van der Waals surface area (Å²) in [6, 6.07) is 0. The van der Waals surface area contributed by atoms with Gasteiger partial charge in [0.2, 0.25) is 0 Å². The van der Waals surface area contributed by atoms with E-state index < -0.39 is 77.8 Å². The van der Waals surface area contributed by atoms with E-state index in [-0.39, 0.29) is 6.42 Å². The summed E-state index contributed by atoms with van der Waals surface area (Å²) in [5, 5.41) is 33.6. The van der Waals surface area contributed by atoms with Crippen molar-refractivity contribution in [2.75, 3.05) is 0 Å². The summed E-state index contributed by atoms with van der Waals surface area (Å²) in [4.78, 5) is 83.9. The number of carbonyl (C=O) groups is 8. The van der Waals surface area contributed by atoms with Gasteiger partial charge in [0.15, 0.2) is 23.7 Å². The number of cyclic esters (lactones) is 4. The Kier molecular flexibility index (Phi) is 6.90. The molecule has 28 heavy (non-hydrogen) atoms. The number of hydrogen-bond acceptors (Lipinski definition) is 10. The van der Waals surface area contributed by atoms with Crippen molar-refractivity contribution in [3.8, 4) is 0 Å². The summed E-state index contributed by atoms with van der Waals surface area (Å²) >= 11 is 0. The van der Waals surface area contributed by atoms with E-state index >= 15 is 0 Å². The van der Waals surface area contributed by atoms with Crippen molar-refractivity contribution in [2.24, 2.45) is 23.7 Å². The molecule has 4 N–H and O–H groups in total. The Morgan fingerprint density at radius 2 is 0.893 bits per heavy atom. The zero-order chi connectivity index (χ0) is 21.8. The largest absolute Gasteiger partial charge is 0.481 e. The van der Waals surface area contributed by atoms with Crippen LogP contribution in [0.15, 0.2) is 0 Å². The predicted molar refractivity (Wildman–Crippen MR) is 75.9 cm³/mol. The highest BCUT2D eigenvalue weighted by molar-refractivity contribution is 6.13. The second-order valence-electron chi connectivity index (χ2n) is 5.51. The number of carboxylic acids is 4. The van der Waals surface area contributed by atoms with E-state index in [1.165, 1.54) is 0 Å². The van der Waals surface area contributed by atoms with Gasteiger partial charge in [0.05, 0.1) is 0 Å². The fraction of sp³-hybridized carbons (Fsp3) is 0.429. The van der Waals surface area contributed by atoms with Crippen molar-refractivity contribution in [1.29, 1.82) is 0 Å². The van der Waals surface area contributed by atoms with Gasteiger partial charge < -0.3 is 29.9 Å². The molecule has 2 aliphatic heterocycles. The maximum atomic E-state index is 10.6. The molecule has 2 fully saturated rings. The Morgan fingerprint density at radius 3 is 1.07 bits per heavy atom. The van der Waals surface area contributed by atoms with E-state index in [0.29, 0.717) is 0 Å². The molecular formula is C14H12O14. The zero-order valence-corrected chi connectivity index (χ0v) is 13.6. The van der Waals surface area contributed by atoms with Gasteiger partial charge in [0.1, 0.15) is 0 Å². The molecule has 0 aromatic rings. The quantitative estimate of drug-likeness (QED) is 0.246. The Hall–Kier alpha value is -3.84. The first-order chi connectivity index (χ1) is 12.9. The summed E-state index contributed by atoms with van der Waals surface area (Å²) in [6.45, 7) is 0. The highest BCUT2D eigenvalue weighted by Crippen LogP contribution is 2.28. The number of carbonyl (C=O) groups excluding carboxylic acids is 4. The summed E-state index contributed by atoms with van der Waals surface area (Å²) in [5.74, 6) is -15.8. The van der Waals surface area contributed by atoms with E-state index in [9.17, 15) is 38.4 Å². The fourth-order valence-corrected chi connectivity index (χ4v) is 2.03. The maximum absolute atomic E-state index is 10.6. The third-order valence-electron chi connectivity index (χ3n) is 3.68. The predicted octanol–water partition coefficient (Wildman–Crippen LogP) is -2.28. The Labute approximate surface area is 153 Å². The first-order valence-corrected chi connectivity index (χ1v) is 7.29. The number of ether oxygens (including phenoxy) is 2. The van der Waals surface area contributed by atoms with Gasteiger partial charge in [-0.15, -0.1) is 0 Å². The van der Waals surface area contributed by atoms with E-state index in [2.05, 4.69) is 9.47 Å². The second-order valence-corrected chi connectivity index (χ2v) is 5.51. The van der Waals surface area contributed by atoms with E-state index in [4.69, 9.17) is 20.4 Å². The lowest BCUT2D eigenvalue weighted by Gasteiger charge is -2.27. The molecule has 0 unspecified atom stereocenters. The first kappa shape index (κ1) is 22.2. The second kappa shape index (κ2) is 8.70. The van der Waals surface area contributed by atoms with Gasteiger partial charge in [-0.05, 0) is 12.8 Å². The van der Waals surface area contributed by atoms with Crippen molar-refractivity contribution < 1.29 is 68.3 Å². The molecule has 14 heteroatoms. The van der Waals surface area contributed by atoms with Crippen LogP contribution >= 0.6 is 0 Å². The Balaban J connectivity index is 0.000000281. The number of carboxylic acid groups (broad SMARTS) is 4. The van der Waals surface area contributed by atoms with Crippen LogP contribution in [0.25, 0.3) is 0 Å². The lowest BCUT2D eigenvalue weighted by atomic mass is 9.90. The SMILES string of the molecule is O=C(O)C(CC(C(=O)O)C(=O)O)C(=O)O.O=C1OC(=O)C1CC1C(=O)OC1=O. The molecule has 0 aromatic heterocycles. The molecule has 152 valence electrons. The summed E-state index contributed by atoms with van der Waals surface area (Å²) in [7, 11) is 0. The molecule has 2 aliphatic rings. The van der Waals surface area contributed by atoms with Crippen LogP contribution in [0.1, 0.15) is 12.8 Å². The molecule has 0 atom stereocenters. The monoisotopic (exact) mass is 404 g/mol. The van der Waals surface area contributed by atoms with Crippen LogP contribution in [-0.2, 0) is 47.8 Å². The van der Waals surface area contributed by atoms with Crippen molar-refractivity contribution in [3.63, 3.8) is 0 Å². The molecule has 2 heterocycles. The molecule has 14 nitrogen and oxygen atoms in total. The smallest absolute Gasteiger partial charge is 0.328 e. The summed E-state index contributed by atoms with van der Waals surface area (Å²) in [6.07, 6.45) is -1.11. The third-order valence-corrected chi connectivity index (χ3v) is 3.68. The van der Waals surface area contributed by atoms with Crippen molar-refractivity contribution >= 4 is 47.8 Å². The Bertz CT molecular complexity index is 646. The van der Waals surface area contributed by atoms with E-state index in [1.807, 2.05) is 0 Å². The molecule has 0 bridgehead atoms. The molecule has 2 saturated heterocycles. The van der Waals surface area contributed by atoms with E-state index in [1.54, 1.807) is 0 Å². The molecule has 0 aromatic carbocycles. The summed E-state index contributed by atoms with van der Waals surface area (Å²) in [5.41, 5.74) is 0. The number of rotatable bonds is 8. The molecule has 2 rings (SSSR count). The highest BCUT2D eigenvalue weighted by atomic mass is 16.6. The fourth-order valence-electron chi connectivity index (χ4n) is 2.03. The average Bonchev–Trinajstić information content (AvgIpc) is 2.54. The lowest BCUT2D eigenvalue weighted by Crippen LogP contribution is -2.48. The van der Waals surface area contributed by atoms with Crippen LogP contribution in [0, 0.1) is 23.7 Å². The molecule has 0 amide bonds. The minimum atomic E-state index is -2.04. The topological polar surface area (TPSA) is 236 Å². The summed E-state index contributed by atoms with van der Waals surface area (Å²) < 4.78 is 8.10. The number of aliphatic carboxylic acids is 4. The first-order valence-electron chi connectivity index (χ1n) is 7.29. The normalized spacial score (nSPS) is 16.4. The van der Waals surface area contributed by atoms with Gasteiger partial charge >= 0.3 is 47.8 Å². The minimum Gasteiger partial charge on any atom is -0.481 e. The average molecular weight is 404 g/mol. The van der Waals surface area contributed by atoms with Gasteiger partial charge in [-0.1, -0.05) is 0 Å². The van der Waals surface area contributed by atoms with Crippen LogP contribution in [-0.4, -0.2) is 68.2 Å². The highest BCUT2D eigenvalue weighted by Gasteiger charge is 2.51. The van der Waals surface area contributed by atoms with Gasteiger partial charge in [-0.3, -0.25) is 38.4 Å². The minimum absolute atomic E-state index is 0.116. The van der Waals surface area contributed by atoms with Gasteiger partial charge in [-0.25, -0.2) is 0 Å². The third kappa shape index (κ3) is 5.09. The van der Waals surface area contributed by atoms with E-state index in [0.717, 1.165) is 0 Å². The number of hydrogen-bond donors (Lipinski definition) is 4. The maximum Gasteiger partial charge on any atom is 0.328 e.